The van der Waals surface area contributed by atoms with Crippen LogP contribution >= 0.6 is 23.5 Å². The zero-order valence-corrected chi connectivity index (χ0v) is 22.6. The lowest BCUT2D eigenvalue weighted by atomic mass is 9.99. The number of nitrogens with one attached hydrogen (secondary N) is 2. The fourth-order valence-corrected chi connectivity index (χ4v) is 5.10. The number of carbonyl (C=O) groups is 2. The normalized spacial score (nSPS) is 11.2. The van der Waals surface area contributed by atoms with Crippen molar-refractivity contribution in [2.24, 2.45) is 0 Å². The van der Waals surface area contributed by atoms with Gasteiger partial charge in [0.2, 0.25) is 10.3 Å². The molecule has 4 aromatic heterocycles. The molecule has 0 radical (unpaired) electrons. The molecule has 0 spiro atoms. The van der Waals surface area contributed by atoms with Gasteiger partial charge in [-0.05, 0) is 35.4 Å². The van der Waals surface area contributed by atoms with Gasteiger partial charge in [0.25, 0.3) is 0 Å². The number of H-pyrrole nitrogens is 2. The van der Waals surface area contributed by atoms with Crippen molar-refractivity contribution in [3.8, 4) is 39.6 Å². The molecule has 4 heterocycles. The molecule has 0 atom stereocenters. The van der Waals surface area contributed by atoms with Crippen LogP contribution in [0.4, 0.5) is 0 Å². The quantitative estimate of drug-likeness (QED) is 0.169. The van der Waals surface area contributed by atoms with Crippen LogP contribution in [0.2, 0.25) is 0 Å². The van der Waals surface area contributed by atoms with Crippen LogP contribution in [0, 0.1) is 0 Å². The number of carboxylic acids is 2. The Kier molecular flexibility index (Phi) is 7.18. The van der Waals surface area contributed by atoms with Crippen LogP contribution in [-0.2, 0) is 9.59 Å². The lowest BCUT2D eigenvalue weighted by molar-refractivity contribution is -0.134. The SMILES string of the molecule is O=C(O)CSc1n[nH]c(-c2cnc3cccc(-c4cccc(-n5cc(-c6nc(SCC(=O)O)n[nH]6)cn5)c4)c3c2)n1. The van der Waals surface area contributed by atoms with E-state index >= 15 is 0 Å². The van der Waals surface area contributed by atoms with Crippen molar-refractivity contribution in [1.29, 1.82) is 0 Å². The summed E-state index contributed by atoms with van der Waals surface area (Å²) < 4.78 is 1.73. The van der Waals surface area contributed by atoms with Crippen molar-refractivity contribution in [3.05, 3.63) is 67.1 Å². The van der Waals surface area contributed by atoms with Crippen LogP contribution in [0.3, 0.4) is 0 Å². The van der Waals surface area contributed by atoms with Gasteiger partial charge in [-0.2, -0.15) is 5.10 Å². The first-order valence-corrected chi connectivity index (χ1v) is 14.0. The van der Waals surface area contributed by atoms with Crippen LogP contribution < -0.4 is 0 Å². The van der Waals surface area contributed by atoms with E-state index in [9.17, 15) is 9.59 Å². The van der Waals surface area contributed by atoms with E-state index in [4.69, 9.17) is 10.2 Å². The minimum absolute atomic E-state index is 0.125. The second-order valence-corrected chi connectivity index (χ2v) is 10.5. The van der Waals surface area contributed by atoms with E-state index in [0.29, 0.717) is 27.5 Å². The van der Waals surface area contributed by atoms with E-state index in [1.807, 2.05) is 54.7 Å². The first-order valence-electron chi connectivity index (χ1n) is 12.0. The minimum atomic E-state index is -0.939. The highest BCUT2D eigenvalue weighted by Gasteiger charge is 2.14. The number of fused-ring (bicyclic) bond motifs is 1. The van der Waals surface area contributed by atoms with Gasteiger partial charge in [-0.3, -0.25) is 24.8 Å². The molecule has 0 fully saturated rings. The third-order valence-electron chi connectivity index (χ3n) is 5.86. The van der Waals surface area contributed by atoms with Crippen molar-refractivity contribution < 1.29 is 19.8 Å². The maximum absolute atomic E-state index is 10.9. The smallest absolute Gasteiger partial charge is 0.313 e. The van der Waals surface area contributed by atoms with E-state index in [0.717, 1.165) is 56.8 Å². The lowest BCUT2D eigenvalue weighted by Crippen LogP contribution is -1.97. The molecule has 6 aromatic rings. The standard InChI is InChI=1S/C26H19N9O4S2/c36-21(37)12-40-25-29-23(31-33-25)15-8-19-18(5-2-6-20(19)27-9-15)14-3-1-4-17(7-14)35-11-16(10-28-35)24-30-26(34-32-24)41-13-22(38)39/h1-11H,12-13H2,(H,36,37)(H,38,39)(H,29,31,33)(H,30,32,34). The number of pyridine rings is 1. The molecule has 0 aliphatic rings. The largest absolute Gasteiger partial charge is 0.481 e. The molecule has 6 rings (SSSR count). The van der Waals surface area contributed by atoms with Crippen molar-refractivity contribution in [2.45, 2.75) is 10.3 Å². The summed E-state index contributed by atoms with van der Waals surface area (Å²) >= 11 is 2.07. The molecule has 204 valence electrons. The zero-order valence-electron chi connectivity index (χ0n) is 20.9. The predicted octanol–water partition coefficient (Wildman–Crippen LogP) is 4.01. The average molecular weight is 586 g/mol. The summed E-state index contributed by atoms with van der Waals surface area (Å²) in [6.07, 6.45) is 5.18. The van der Waals surface area contributed by atoms with E-state index in [-0.39, 0.29) is 11.5 Å². The first-order chi connectivity index (χ1) is 19.9. The summed E-state index contributed by atoms with van der Waals surface area (Å²) in [6, 6.07) is 15.8. The topological polar surface area (TPSA) is 188 Å². The highest BCUT2D eigenvalue weighted by molar-refractivity contribution is 8.00. The predicted molar refractivity (Wildman–Crippen MR) is 152 cm³/mol. The minimum Gasteiger partial charge on any atom is -0.481 e. The molecule has 0 aliphatic carbocycles. The number of nitrogens with zero attached hydrogens (tertiary/aromatic N) is 7. The highest BCUT2D eigenvalue weighted by Crippen LogP contribution is 2.32. The molecule has 41 heavy (non-hydrogen) atoms. The summed E-state index contributed by atoms with van der Waals surface area (Å²) in [6.45, 7) is 0. The summed E-state index contributed by atoms with van der Waals surface area (Å²) in [5.74, 6) is -1.14. The Morgan fingerprint density at radius 3 is 2.20 bits per heavy atom. The molecular formula is C26H19N9O4S2. The fraction of sp³-hybridized carbons (Fsp3) is 0.0769. The summed E-state index contributed by atoms with van der Waals surface area (Å²) in [5.41, 5.74) is 4.97. The third-order valence-corrected chi connectivity index (χ3v) is 7.52. The van der Waals surface area contributed by atoms with Gasteiger partial charge >= 0.3 is 11.9 Å². The van der Waals surface area contributed by atoms with Crippen LogP contribution in [-0.4, -0.2) is 78.8 Å². The van der Waals surface area contributed by atoms with E-state index in [1.165, 1.54) is 0 Å². The zero-order chi connectivity index (χ0) is 28.3. The van der Waals surface area contributed by atoms with Gasteiger partial charge in [-0.25, -0.2) is 14.6 Å². The number of carboxylic acid groups (broad SMARTS) is 2. The molecule has 15 heteroatoms. The molecule has 13 nitrogen and oxygen atoms in total. The van der Waals surface area contributed by atoms with Crippen LogP contribution in [0.15, 0.2) is 77.4 Å². The third kappa shape index (κ3) is 5.80. The van der Waals surface area contributed by atoms with Crippen molar-refractivity contribution >= 4 is 46.4 Å². The Morgan fingerprint density at radius 2 is 1.49 bits per heavy atom. The second-order valence-electron chi connectivity index (χ2n) is 8.62. The van der Waals surface area contributed by atoms with Gasteiger partial charge in [-0.15, -0.1) is 10.2 Å². The van der Waals surface area contributed by atoms with Gasteiger partial charge < -0.3 is 10.2 Å². The Hall–Kier alpha value is -5.02. The summed E-state index contributed by atoms with van der Waals surface area (Å²) in [5, 5.41) is 37.7. The molecule has 2 aromatic carbocycles. The molecule has 4 N–H and O–H groups in total. The molecule has 0 unspecified atom stereocenters. The number of thioether (sulfide) groups is 2. The van der Waals surface area contributed by atoms with E-state index < -0.39 is 11.9 Å². The number of rotatable bonds is 10. The Bertz CT molecular complexity index is 1900. The molecular weight excluding hydrogens is 566 g/mol. The summed E-state index contributed by atoms with van der Waals surface area (Å²) in [4.78, 5) is 35.0. The maximum Gasteiger partial charge on any atom is 0.313 e. The monoisotopic (exact) mass is 585 g/mol. The van der Waals surface area contributed by atoms with Gasteiger partial charge in [-0.1, -0.05) is 47.8 Å². The first kappa shape index (κ1) is 26.2. The van der Waals surface area contributed by atoms with Crippen LogP contribution in [0.25, 0.3) is 50.5 Å². The van der Waals surface area contributed by atoms with Gasteiger partial charge in [0.1, 0.15) is 0 Å². The molecule has 0 aliphatic heterocycles. The van der Waals surface area contributed by atoms with E-state index in [1.54, 1.807) is 17.1 Å². The van der Waals surface area contributed by atoms with Gasteiger partial charge in [0, 0.05) is 23.3 Å². The number of hydrogen-bond donors (Lipinski definition) is 4. The highest BCUT2D eigenvalue weighted by atomic mass is 32.2. The van der Waals surface area contributed by atoms with Crippen molar-refractivity contribution in [2.75, 3.05) is 11.5 Å². The van der Waals surface area contributed by atoms with Crippen molar-refractivity contribution in [3.63, 3.8) is 0 Å². The molecule has 0 saturated carbocycles. The average Bonchev–Trinajstić information content (AvgIpc) is 3.75. The Balaban J connectivity index is 1.29. The number of aromatic nitrogens is 9. The molecule has 0 saturated heterocycles. The fourth-order valence-electron chi connectivity index (χ4n) is 4.07. The number of aliphatic carboxylic acids is 2. The lowest BCUT2D eigenvalue weighted by Gasteiger charge is -2.10. The van der Waals surface area contributed by atoms with Crippen molar-refractivity contribution in [1.82, 2.24) is 45.1 Å². The number of hydrogen-bond acceptors (Lipinski definition) is 10. The molecule has 0 bridgehead atoms. The Morgan fingerprint density at radius 1 is 0.805 bits per heavy atom. The van der Waals surface area contributed by atoms with Crippen LogP contribution in [0.5, 0.6) is 0 Å². The maximum atomic E-state index is 10.9. The van der Waals surface area contributed by atoms with E-state index in [2.05, 4.69) is 40.4 Å². The Labute approximate surface area is 239 Å². The van der Waals surface area contributed by atoms with Crippen LogP contribution in [0.1, 0.15) is 0 Å². The van der Waals surface area contributed by atoms with Gasteiger partial charge in [0.15, 0.2) is 11.6 Å². The second kappa shape index (κ2) is 11.2. The van der Waals surface area contributed by atoms with Gasteiger partial charge in [0.05, 0.1) is 34.5 Å². The number of aromatic amines is 2. The molecule has 0 amide bonds. The summed E-state index contributed by atoms with van der Waals surface area (Å²) in [7, 11) is 0. The number of benzene rings is 2.